The van der Waals surface area contributed by atoms with Gasteiger partial charge in [-0.25, -0.2) is 0 Å². The third-order valence-electron chi connectivity index (χ3n) is 1.93. The van der Waals surface area contributed by atoms with Gasteiger partial charge in [-0.3, -0.25) is 4.21 Å². The van der Waals surface area contributed by atoms with Crippen LogP contribution in [0.15, 0.2) is 54.5 Å². The van der Waals surface area contributed by atoms with Crippen LogP contribution in [0.2, 0.25) is 0 Å². The molecule has 0 bridgehead atoms. The van der Waals surface area contributed by atoms with E-state index in [0.29, 0.717) is 11.5 Å². The fraction of sp³-hybridized carbons (Fsp3) is 0.231. The molecule has 4 heteroatoms. The molecule has 1 aromatic rings. The first kappa shape index (κ1) is 14.6. The fourth-order valence-corrected chi connectivity index (χ4v) is 4.32. The quantitative estimate of drug-likeness (QED) is 0.407. The van der Waals surface area contributed by atoms with Gasteiger partial charge in [0.25, 0.3) is 0 Å². The van der Waals surface area contributed by atoms with E-state index in [-0.39, 0.29) is 0 Å². The smallest absolute Gasteiger partial charge is 0.0500 e. The number of benzene rings is 1. The molecule has 0 N–H and O–H groups in total. The SMILES string of the molecule is C=CCSSc1ccccc1CS(=O)CC=C. The van der Waals surface area contributed by atoms with Gasteiger partial charge >= 0.3 is 0 Å². The molecule has 0 amide bonds. The number of hydrogen-bond acceptors (Lipinski definition) is 3. The molecule has 0 radical (unpaired) electrons. The van der Waals surface area contributed by atoms with Gasteiger partial charge in [0.1, 0.15) is 0 Å². The van der Waals surface area contributed by atoms with Crippen LogP contribution in [0.1, 0.15) is 5.56 Å². The molecule has 1 atom stereocenters. The maximum atomic E-state index is 11.7. The van der Waals surface area contributed by atoms with E-state index >= 15 is 0 Å². The molecule has 1 rings (SSSR count). The zero-order chi connectivity index (χ0) is 12.5. The Balaban J connectivity index is 2.66. The van der Waals surface area contributed by atoms with Crippen molar-refractivity contribution in [1.29, 1.82) is 0 Å². The van der Waals surface area contributed by atoms with Crippen LogP contribution in [0.5, 0.6) is 0 Å². The molecule has 1 nitrogen and oxygen atoms in total. The van der Waals surface area contributed by atoms with Crippen molar-refractivity contribution in [3.05, 3.63) is 55.1 Å². The number of rotatable bonds is 8. The first-order valence-electron chi connectivity index (χ1n) is 5.22. The van der Waals surface area contributed by atoms with E-state index in [1.807, 2.05) is 24.3 Å². The lowest BCUT2D eigenvalue weighted by atomic mass is 10.2. The van der Waals surface area contributed by atoms with Gasteiger partial charge in [0.15, 0.2) is 0 Å². The summed E-state index contributed by atoms with van der Waals surface area (Å²) in [6.45, 7) is 7.31. The van der Waals surface area contributed by atoms with E-state index in [2.05, 4.69) is 19.2 Å². The summed E-state index contributed by atoms with van der Waals surface area (Å²) < 4.78 is 11.7. The van der Waals surface area contributed by atoms with Crippen molar-refractivity contribution in [2.24, 2.45) is 0 Å². The fourth-order valence-electron chi connectivity index (χ4n) is 1.21. The van der Waals surface area contributed by atoms with Gasteiger partial charge in [0.2, 0.25) is 0 Å². The monoisotopic (exact) mass is 284 g/mol. The molecule has 0 aliphatic rings. The van der Waals surface area contributed by atoms with Crippen molar-refractivity contribution in [2.75, 3.05) is 11.5 Å². The highest BCUT2D eigenvalue weighted by molar-refractivity contribution is 8.76. The molecule has 0 fully saturated rings. The summed E-state index contributed by atoms with van der Waals surface area (Å²) in [6.07, 6.45) is 3.59. The molecule has 0 aliphatic carbocycles. The lowest BCUT2D eigenvalue weighted by molar-refractivity contribution is 0.684. The van der Waals surface area contributed by atoms with Crippen LogP contribution in [0.3, 0.4) is 0 Å². The molecule has 1 aromatic carbocycles. The molecule has 0 aromatic heterocycles. The molecular formula is C13H16OS3. The highest BCUT2D eigenvalue weighted by Gasteiger charge is 2.06. The Kier molecular flexibility index (Phi) is 7.40. The lowest BCUT2D eigenvalue weighted by Gasteiger charge is -2.07. The minimum Gasteiger partial charge on any atom is -0.259 e. The van der Waals surface area contributed by atoms with Gasteiger partial charge in [0, 0.05) is 33.0 Å². The molecule has 92 valence electrons. The minimum atomic E-state index is -0.849. The van der Waals surface area contributed by atoms with Crippen LogP contribution in [0, 0.1) is 0 Å². The van der Waals surface area contributed by atoms with Crippen molar-refractivity contribution in [3.8, 4) is 0 Å². The van der Waals surface area contributed by atoms with E-state index < -0.39 is 10.8 Å². The first-order valence-corrected chi connectivity index (χ1v) is 9.02. The second kappa shape index (κ2) is 8.61. The van der Waals surface area contributed by atoms with E-state index in [4.69, 9.17) is 0 Å². The van der Waals surface area contributed by atoms with Gasteiger partial charge < -0.3 is 0 Å². The van der Waals surface area contributed by atoms with E-state index in [9.17, 15) is 4.21 Å². The highest BCUT2D eigenvalue weighted by Crippen LogP contribution is 2.33. The largest absolute Gasteiger partial charge is 0.259 e. The Morgan fingerprint density at radius 1 is 1.24 bits per heavy atom. The van der Waals surface area contributed by atoms with Crippen LogP contribution in [-0.2, 0) is 16.6 Å². The topological polar surface area (TPSA) is 17.1 Å². The Hall–Kier alpha value is -0.450. The second-order valence-electron chi connectivity index (χ2n) is 3.30. The summed E-state index contributed by atoms with van der Waals surface area (Å²) in [5.74, 6) is 2.07. The second-order valence-corrected chi connectivity index (χ2v) is 7.19. The molecular weight excluding hydrogens is 268 g/mol. The van der Waals surface area contributed by atoms with Gasteiger partial charge in [-0.05, 0) is 11.6 Å². The summed E-state index contributed by atoms with van der Waals surface area (Å²) in [7, 11) is 2.61. The summed E-state index contributed by atoms with van der Waals surface area (Å²) in [4.78, 5) is 1.19. The van der Waals surface area contributed by atoms with Crippen LogP contribution in [0.4, 0.5) is 0 Å². The van der Waals surface area contributed by atoms with Crippen LogP contribution >= 0.6 is 21.6 Å². The Bertz CT molecular complexity index is 401. The third kappa shape index (κ3) is 5.61. The van der Waals surface area contributed by atoms with Gasteiger partial charge in [0.05, 0.1) is 0 Å². The van der Waals surface area contributed by atoms with Gasteiger partial charge in [-0.1, -0.05) is 51.9 Å². The maximum absolute atomic E-state index is 11.7. The maximum Gasteiger partial charge on any atom is 0.0500 e. The standard InChI is InChI=1S/C13H16OS3/c1-3-9-15-16-13-8-6-5-7-12(13)11-17(14)10-4-2/h3-8H,1-2,9-11H2. The minimum absolute atomic E-state index is 0.554. The third-order valence-corrected chi connectivity index (χ3v) is 5.54. The average Bonchev–Trinajstić information content (AvgIpc) is 2.32. The van der Waals surface area contributed by atoms with Gasteiger partial charge in [-0.15, -0.1) is 13.2 Å². The van der Waals surface area contributed by atoms with Crippen molar-refractivity contribution < 1.29 is 4.21 Å². The first-order chi connectivity index (χ1) is 8.27. The van der Waals surface area contributed by atoms with Crippen LogP contribution in [-0.4, -0.2) is 15.7 Å². The Labute approximate surface area is 114 Å². The molecule has 0 spiro atoms. The highest BCUT2D eigenvalue weighted by atomic mass is 33.1. The lowest BCUT2D eigenvalue weighted by Crippen LogP contribution is -1.99. The van der Waals surface area contributed by atoms with E-state index in [0.717, 1.165) is 11.3 Å². The Morgan fingerprint density at radius 2 is 2.00 bits per heavy atom. The predicted octanol–water partition coefficient (Wildman–Crippen LogP) is 4.05. The summed E-state index contributed by atoms with van der Waals surface area (Å²) in [5.41, 5.74) is 1.15. The van der Waals surface area contributed by atoms with Gasteiger partial charge in [-0.2, -0.15) is 0 Å². The molecule has 0 aliphatic heterocycles. The van der Waals surface area contributed by atoms with Crippen LogP contribution in [0.25, 0.3) is 0 Å². The Morgan fingerprint density at radius 3 is 2.71 bits per heavy atom. The predicted molar refractivity (Wildman–Crippen MR) is 81.9 cm³/mol. The molecule has 0 heterocycles. The molecule has 17 heavy (non-hydrogen) atoms. The molecule has 0 saturated heterocycles. The molecule has 0 saturated carbocycles. The summed E-state index contributed by atoms with van der Waals surface area (Å²) in [5, 5.41) is 0. The van der Waals surface area contributed by atoms with Crippen molar-refractivity contribution in [2.45, 2.75) is 10.6 Å². The summed E-state index contributed by atoms with van der Waals surface area (Å²) >= 11 is 0. The van der Waals surface area contributed by atoms with Crippen LogP contribution < -0.4 is 0 Å². The number of hydrogen-bond donors (Lipinski definition) is 0. The van der Waals surface area contributed by atoms with Crippen molar-refractivity contribution in [3.63, 3.8) is 0 Å². The zero-order valence-electron chi connectivity index (χ0n) is 9.63. The normalized spacial score (nSPS) is 12.0. The zero-order valence-corrected chi connectivity index (χ0v) is 12.1. The summed E-state index contributed by atoms with van der Waals surface area (Å²) in [6, 6.07) is 8.11. The van der Waals surface area contributed by atoms with Crippen molar-refractivity contribution in [1.82, 2.24) is 0 Å². The molecule has 1 unspecified atom stereocenters. The van der Waals surface area contributed by atoms with Crippen molar-refractivity contribution >= 4 is 32.4 Å². The van der Waals surface area contributed by atoms with E-state index in [1.54, 1.807) is 27.7 Å². The average molecular weight is 284 g/mol. The van der Waals surface area contributed by atoms with E-state index in [1.165, 1.54) is 4.90 Å².